The lowest BCUT2D eigenvalue weighted by Crippen LogP contribution is -2.47. The number of carbonyl (C=O) groups excluding carboxylic acids is 1. The number of hydrogen-bond donors (Lipinski definition) is 3. The van der Waals surface area contributed by atoms with E-state index in [4.69, 9.17) is 5.73 Å². The molecule has 0 bridgehead atoms. The second-order valence-electron chi connectivity index (χ2n) is 4.90. The van der Waals surface area contributed by atoms with Gasteiger partial charge in [-0.05, 0) is 42.7 Å². The zero-order chi connectivity index (χ0) is 13.7. The molecule has 1 unspecified atom stereocenters. The molecule has 1 aromatic rings. The fourth-order valence-electron chi connectivity index (χ4n) is 2.14. The number of nitrogens with two attached hydrogens (primary N) is 1. The van der Waals surface area contributed by atoms with E-state index in [9.17, 15) is 9.90 Å². The Labute approximate surface area is 117 Å². The predicted molar refractivity (Wildman–Crippen MR) is 78.3 cm³/mol. The number of aromatic hydroxyl groups is 1. The predicted octanol–water partition coefficient (Wildman–Crippen LogP) is 1.27. The van der Waals surface area contributed by atoms with Gasteiger partial charge in [-0.15, -0.1) is 0 Å². The first-order valence-corrected chi connectivity index (χ1v) is 7.72. The van der Waals surface area contributed by atoms with Gasteiger partial charge in [0.15, 0.2) is 0 Å². The summed E-state index contributed by atoms with van der Waals surface area (Å²) < 4.78 is 0. The number of thioether (sulfide) groups is 1. The fourth-order valence-corrected chi connectivity index (χ4v) is 3.21. The number of phenols is 1. The molecule has 1 aromatic carbocycles. The molecule has 0 aliphatic carbocycles. The standard InChI is InChI=1S/C14H20N2O2S/c15-13(8-10-3-5-12(17)6-4-10)14(18)16-11-2-1-7-19-9-11/h3-6,11,13,17H,1-2,7-9,15H2,(H,16,18)/t11?,13-/m0/s1. The highest BCUT2D eigenvalue weighted by atomic mass is 32.2. The molecule has 1 saturated heterocycles. The van der Waals surface area contributed by atoms with Gasteiger partial charge in [0.05, 0.1) is 6.04 Å². The highest BCUT2D eigenvalue weighted by Crippen LogP contribution is 2.17. The average Bonchev–Trinajstić information content (AvgIpc) is 2.42. The van der Waals surface area contributed by atoms with Crippen LogP contribution in [0.4, 0.5) is 0 Å². The van der Waals surface area contributed by atoms with Gasteiger partial charge in [-0.2, -0.15) is 11.8 Å². The van der Waals surface area contributed by atoms with Crippen LogP contribution in [0.1, 0.15) is 18.4 Å². The van der Waals surface area contributed by atoms with Crippen molar-refractivity contribution in [1.29, 1.82) is 0 Å². The molecule has 2 rings (SSSR count). The topological polar surface area (TPSA) is 75.3 Å². The van der Waals surface area contributed by atoms with Gasteiger partial charge in [0.1, 0.15) is 5.75 Å². The fraction of sp³-hybridized carbons (Fsp3) is 0.500. The second-order valence-corrected chi connectivity index (χ2v) is 6.05. The van der Waals surface area contributed by atoms with Crippen molar-refractivity contribution in [1.82, 2.24) is 5.32 Å². The minimum Gasteiger partial charge on any atom is -0.508 e. The summed E-state index contributed by atoms with van der Waals surface area (Å²) >= 11 is 1.88. The molecular weight excluding hydrogens is 260 g/mol. The van der Waals surface area contributed by atoms with Crippen LogP contribution in [-0.4, -0.2) is 34.6 Å². The quantitative estimate of drug-likeness (QED) is 0.776. The highest BCUT2D eigenvalue weighted by Gasteiger charge is 2.20. The van der Waals surface area contributed by atoms with Crippen molar-refractivity contribution < 1.29 is 9.90 Å². The van der Waals surface area contributed by atoms with E-state index in [-0.39, 0.29) is 17.7 Å². The molecule has 4 N–H and O–H groups in total. The number of carbonyl (C=O) groups is 1. The number of hydrogen-bond acceptors (Lipinski definition) is 4. The Balaban J connectivity index is 1.83. The van der Waals surface area contributed by atoms with Crippen LogP contribution < -0.4 is 11.1 Å². The Morgan fingerprint density at radius 1 is 1.47 bits per heavy atom. The van der Waals surface area contributed by atoms with Gasteiger partial charge in [0, 0.05) is 11.8 Å². The maximum atomic E-state index is 12.0. The first kappa shape index (κ1) is 14.2. The van der Waals surface area contributed by atoms with E-state index in [0.717, 1.165) is 24.2 Å². The molecule has 1 aliphatic heterocycles. The molecule has 1 amide bonds. The van der Waals surface area contributed by atoms with Crippen LogP contribution in [-0.2, 0) is 11.2 Å². The number of nitrogens with one attached hydrogen (secondary N) is 1. The molecule has 104 valence electrons. The maximum absolute atomic E-state index is 12.0. The minimum absolute atomic E-state index is 0.0828. The third-order valence-electron chi connectivity index (χ3n) is 3.24. The second kappa shape index (κ2) is 6.82. The lowest BCUT2D eigenvalue weighted by Gasteiger charge is -2.24. The zero-order valence-corrected chi connectivity index (χ0v) is 11.7. The molecule has 4 nitrogen and oxygen atoms in total. The van der Waals surface area contributed by atoms with Crippen LogP contribution in [0.2, 0.25) is 0 Å². The molecular formula is C14H20N2O2S. The molecule has 19 heavy (non-hydrogen) atoms. The molecule has 2 atom stereocenters. The van der Waals surface area contributed by atoms with Gasteiger partial charge in [-0.3, -0.25) is 4.79 Å². The van der Waals surface area contributed by atoms with Crippen molar-refractivity contribution >= 4 is 17.7 Å². The smallest absolute Gasteiger partial charge is 0.237 e. The number of phenolic OH excluding ortho intramolecular Hbond substituents is 1. The average molecular weight is 280 g/mol. The van der Waals surface area contributed by atoms with Gasteiger partial charge >= 0.3 is 0 Å². The Morgan fingerprint density at radius 3 is 2.84 bits per heavy atom. The molecule has 1 aliphatic rings. The molecule has 0 aromatic heterocycles. The normalized spacial score (nSPS) is 20.8. The van der Waals surface area contributed by atoms with Gasteiger partial charge in [-0.25, -0.2) is 0 Å². The summed E-state index contributed by atoms with van der Waals surface area (Å²) in [5.41, 5.74) is 6.88. The van der Waals surface area contributed by atoms with Crippen molar-refractivity contribution in [2.75, 3.05) is 11.5 Å². The summed E-state index contributed by atoms with van der Waals surface area (Å²) in [7, 11) is 0. The first-order valence-electron chi connectivity index (χ1n) is 6.57. The summed E-state index contributed by atoms with van der Waals surface area (Å²) in [6.45, 7) is 0. The number of rotatable bonds is 4. The SMILES string of the molecule is N[C@@H](Cc1ccc(O)cc1)C(=O)NC1CCCSC1. The molecule has 0 radical (unpaired) electrons. The van der Waals surface area contributed by atoms with Crippen molar-refractivity contribution in [2.24, 2.45) is 5.73 Å². The largest absolute Gasteiger partial charge is 0.508 e. The monoisotopic (exact) mass is 280 g/mol. The van der Waals surface area contributed by atoms with E-state index in [1.54, 1.807) is 24.3 Å². The van der Waals surface area contributed by atoms with Gasteiger partial charge in [0.2, 0.25) is 5.91 Å². The van der Waals surface area contributed by atoms with Crippen molar-refractivity contribution in [3.8, 4) is 5.75 Å². The summed E-state index contributed by atoms with van der Waals surface area (Å²) in [5.74, 6) is 2.31. The van der Waals surface area contributed by atoms with Gasteiger partial charge in [0.25, 0.3) is 0 Å². The van der Waals surface area contributed by atoms with E-state index in [1.807, 2.05) is 11.8 Å². The maximum Gasteiger partial charge on any atom is 0.237 e. The van der Waals surface area contributed by atoms with Crippen LogP contribution >= 0.6 is 11.8 Å². The molecule has 5 heteroatoms. The van der Waals surface area contributed by atoms with Crippen LogP contribution in [0, 0.1) is 0 Å². The van der Waals surface area contributed by atoms with E-state index in [1.165, 1.54) is 5.75 Å². The molecule has 1 heterocycles. The lowest BCUT2D eigenvalue weighted by molar-refractivity contribution is -0.122. The summed E-state index contributed by atoms with van der Waals surface area (Å²) in [6, 6.07) is 6.53. The molecule has 0 spiro atoms. The van der Waals surface area contributed by atoms with Crippen LogP contribution in [0.15, 0.2) is 24.3 Å². The van der Waals surface area contributed by atoms with Crippen molar-refractivity contribution in [2.45, 2.75) is 31.3 Å². The lowest BCUT2D eigenvalue weighted by atomic mass is 10.1. The Hall–Kier alpha value is -1.20. The van der Waals surface area contributed by atoms with Crippen LogP contribution in [0.3, 0.4) is 0 Å². The zero-order valence-electron chi connectivity index (χ0n) is 10.8. The Kier molecular flexibility index (Phi) is 5.10. The Morgan fingerprint density at radius 2 is 2.21 bits per heavy atom. The summed E-state index contributed by atoms with van der Waals surface area (Å²) in [6.07, 6.45) is 2.69. The Bertz CT molecular complexity index is 416. The highest BCUT2D eigenvalue weighted by molar-refractivity contribution is 7.99. The number of amides is 1. The van der Waals surface area contributed by atoms with E-state index < -0.39 is 6.04 Å². The summed E-state index contributed by atoms with van der Waals surface area (Å²) in [5, 5.41) is 12.2. The van der Waals surface area contributed by atoms with Gasteiger partial charge < -0.3 is 16.2 Å². The van der Waals surface area contributed by atoms with Crippen LogP contribution in [0.25, 0.3) is 0 Å². The number of benzene rings is 1. The van der Waals surface area contributed by atoms with Crippen molar-refractivity contribution in [3.05, 3.63) is 29.8 Å². The van der Waals surface area contributed by atoms with E-state index in [0.29, 0.717) is 6.42 Å². The van der Waals surface area contributed by atoms with E-state index in [2.05, 4.69) is 5.32 Å². The van der Waals surface area contributed by atoms with Gasteiger partial charge in [-0.1, -0.05) is 12.1 Å². The van der Waals surface area contributed by atoms with Crippen LogP contribution in [0.5, 0.6) is 5.75 Å². The third-order valence-corrected chi connectivity index (χ3v) is 4.45. The minimum atomic E-state index is -0.531. The molecule has 0 saturated carbocycles. The van der Waals surface area contributed by atoms with E-state index >= 15 is 0 Å². The summed E-state index contributed by atoms with van der Waals surface area (Å²) in [4.78, 5) is 12.0. The van der Waals surface area contributed by atoms with Crippen molar-refractivity contribution in [3.63, 3.8) is 0 Å². The molecule has 1 fully saturated rings. The first-order chi connectivity index (χ1) is 9.15. The third kappa shape index (κ3) is 4.44.